The van der Waals surface area contributed by atoms with Crippen LogP contribution in [0.5, 0.6) is 0 Å². The number of hydrogen-bond donors (Lipinski definition) is 2. The van der Waals surface area contributed by atoms with Gasteiger partial charge in [-0.15, -0.1) is 0 Å². The average Bonchev–Trinajstić information content (AvgIpc) is 2.63. The molecule has 4 nitrogen and oxygen atoms in total. The minimum Gasteiger partial charge on any atom is -0.370 e. The van der Waals surface area contributed by atoms with Crippen molar-refractivity contribution in [3.63, 3.8) is 0 Å². The quantitative estimate of drug-likeness (QED) is 0.629. The molecule has 2 N–H and O–H groups in total. The lowest BCUT2D eigenvalue weighted by atomic mass is 10.1. The van der Waals surface area contributed by atoms with E-state index in [9.17, 15) is 0 Å². The molecule has 0 amide bonds. The maximum atomic E-state index is 6.01. The van der Waals surface area contributed by atoms with Crippen molar-refractivity contribution < 1.29 is 0 Å². The molecule has 0 radical (unpaired) electrons. The number of benzene rings is 2. The first-order valence-electron chi connectivity index (χ1n) is 8.38. The highest BCUT2D eigenvalue weighted by molar-refractivity contribution is 6.30. The monoisotopic (exact) mass is 352 g/mol. The Kier molecular flexibility index (Phi) is 6.23. The molecule has 128 valence electrons. The lowest BCUT2D eigenvalue weighted by Gasteiger charge is -2.09. The number of nitrogens with one attached hydrogen (secondary N) is 2. The van der Waals surface area contributed by atoms with Crippen molar-refractivity contribution in [2.75, 3.05) is 23.7 Å². The molecule has 1 heterocycles. The Morgan fingerprint density at radius 1 is 0.720 bits per heavy atom. The van der Waals surface area contributed by atoms with E-state index in [4.69, 9.17) is 11.6 Å². The highest BCUT2D eigenvalue weighted by Gasteiger charge is 2.00. The van der Waals surface area contributed by atoms with E-state index in [0.29, 0.717) is 0 Å². The Bertz CT molecular complexity index is 792. The van der Waals surface area contributed by atoms with E-state index in [1.54, 1.807) is 6.33 Å². The van der Waals surface area contributed by atoms with Crippen LogP contribution in [0.25, 0.3) is 0 Å². The second-order valence-electron chi connectivity index (χ2n) is 5.76. The third kappa shape index (κ3) is 5.76. The van der Waals surface area contributed by atoms with Gasteiger partial charge in [0.15, 0.2) is 0 Å². The van der Waals surface area contributed by atoms with E-state index in [0.717, 1.165) is 42.6 Å². The van der Waals surface area contributed by atoms with Gasteiger partial charge in [-0.3, -0.25) is 0 Å². The van der Waals surface area contributed by atoms with Gasteiger partial charge in [0.1, 0.15) is 18.0 Å². The molecular weight excluding hydrogens is 332 g/mol. The molecule has 0 saturated heterocycles. The summed E-state index contributed by atoms with van der Waals surface area (Å²) in [6, 6.07) is 20.3. The molecule has 0 bridgehead atoms. The largest absolute Gasteiger partial charge is 0.370 e. The lowest BCUT2D eigenvalue weighted by Crippen LogP contribution is -2.09. The van der Waals surface area contributed by atoms with Crippen molar-refractivity contribution in [3.05, 3.63) is 83.1 Å². The molecule has 0 spiro atoms. The molecule has 3 rings (SSSR count). The van der Waals surface area contributed by atoms with Crippen LogP contribution in [0.4, 0.5) is 11.6 Å². The van der Waals surface area contributed by atoms with Crippen molar-refractivity contribution in [2.24, 2.45) is 0 Å². The molecule has 0 fully saturated rings. The normalized spacial score (nSPS) is 10.4. The zero-order valence-corrected chi connectivity index (χ0v) is 14.7. The van der Waals surface area contributed by atoms with Crippen LogP contribution in [-0.2, 0) is 12.8 Å². The first-order valence-corrected chi connectivity index (χ1v) is 8.75. The minimum absolute atomic E-state index is 0.768. The smallest absolute Gasteiger partial charge is 0.131 e. The van der Waals surface area contributed by atoms with E-state index < -0.39 is 0 Å². The summed E-state index contributed by atoms with van der Waals surface area (Å²) < 4.78 is 0. The molecule has 0 aliphatic carbocycles. The maximum absolute atomic E-state index is 6.01. The fourth-order valence-electron chi connectivity index (χ4n) is 2.56. The molecule has 25 heavy (non-hydrogen) atoms. The van der Waals surface area contributed by atoms with Crippen LogP contribution < -0.4 is 10.6 Å². The summed E-state index contributed by atoms with van der Waals surface area (Å²) >= 11 is 6.01. The second kappa shape index (κ2) is 9.04. The van der Waals surface area contributed by atoms with E-state index in [1.165, 1.54) is 11.1 Å². The van der Waals surface area contributed by atoms with Crippen LogP contribution in [0.15, 0.2) is 67.0 Å². The van der Waals surface area contributed by atoms with Crippen LogP contribution in [0.3, 0.4) is 0 Å². The predicted octanol–water partition coefficient (Wildman–Crippen LogP) is 4.44. The van der Waals surface area contributed by atoms with Gasteiger partial charge in [-0.2, -0.15) is 0 Å². The van der Waals surface area contributed by atoms with Crippen LogP contribution >= 0.6 is 11.6 Å². The van der Waals surface area contributed by atoms with E-state index in [1.807, 2.05) is 30.3 Å². The highest BCUT2D eigenvalue weighted by Crippen LogP contribution is 2.12. The second-order valence-corrected chi connectivity index (χ2v) is 6.19. The summed E-state index contributed by atoms with van der Waals surface area (Å²) in [4.78, 5) is 8.53. The molecule has 0 aliphatic heterocycles. The van der Waals surface area contributed by atoms with Gasteiger partial charge >= 0.3 is 0 Å². The van der Waals surface area contributed by atoms with Gasteiger partial charge in [0, 0.05) is 24.2 Å². The molecule has 0 unspecified atom stereocenters. The zero-order chi connectivity index (χ0) is 17.3. The molecule has 0 aliphatic rings. The van der Waals surface area contributed by atoms with Crippen molar-refractivity contribution in [2.45, 2.75) is 12.8 Å². The molecule has 0 atom stereocenters. The summed E-state index contributed by atoms with van der Waals surface area (Å²) in [5.41, 5.74) is 2.51. The van der Waals surface area contributed by atoms with Crippen LogP contribution in [0.1, 0.15) is 11.1 Å². The van der Waals surface area contributed by atoms with E-state index in [2.05, 4.69) is 50.9 Å². The Labute approximate surface area is 153 Å². The minimum atomic E-state index is 0.768. The van der Waals surface area contributed by atoms with Gasteiger partial charge in [0.2, 0.25) is 0 Å². The Morgan fingerprint density at radius 3 is 2.04 bits per heavy atom. The molecule has 5 heteroatoms. The number of hydrogen-bond acceptors (Lipinski definition) is 4. The molecule has 0 saturated carbocycles. The van der Waals surface area contributed by atoms with Gasteiger partial charge in [-0.1, -0.05) is 54.1 Å². The third-order valence-corrected chi connectivity index (χ3v) is 4.07. The zero-order valence-electron chi connectivity index (χ0n) is 14.0. The number of nitrogens with zero attached hydrogens (tertiary/aromatic N) is 2. The summed E-state index contributed by atoms with van der Waals surface area (Å²) in [5, 5.41) is 7.44. The van der Waals surface area contributed by atoms with Crippen molar-refractivity contribution in [1.29, 1.82) is 0 Å². The number of rotatable bonds is 8. The van der Waals surface area contributed by atoms with Crippen LogP contribution in [-0.4, -0.2) is 23.1 Å². The van der Waals surface area contributed by atoms with Gasteiger partial charge in [-0.25, -0.2) is 9.97 Å². The predicted molar refractivity (Wildman–Crippen MR) is 104 cm³/mol. The van der Waals surface area contributed by atoms with Crippen molar-refractivity contribution >= 4 is 23.2 Å². The van der Waals surface area contributed by atoms with Crippen LogP contribution in [0.2, 0.25) is 5.02 Å². The number of anilines is 2. The van der Waals surface area contributed by atoms with Crippen molar-refractivity contribution in [1.82, 2.24) is 9.97 Å². The average molecular weight is 353 g/mol. The molecule has 2 aromatic carbocycles. The molecule has 1 aromatic heterocycles. The first kappa shape index (κ1) is 17.2. The number of aromatic nitrogens is 2. The first-order chi connectivity index (χ1) is 12.3. The molecular formula is C20H21ClN4. The van der Waals surface area contributed by atoms with Gasteiger partial charge < -0.3 is 10.6 Å². The maximum Gasteiger partial charge on any atom is 0.131 e. The topological polar surface area (TPSA) is 49.8 Å². The standard InChI is InChI=1S/C20H21ClN4/c21-18-8-4-7-17(13-18)10-12-23-20-14-19(24-15-25-20)22-11-9-16-5-2-1-3-6-16/h1-8,13-15H,9-12H2,(H2,22,23,24,25). The fourth-order valence-corrected chi connectivity index (χ4v) is 2.77. The number of halogens is 1. The summed E-state index contributed by atoms with van der Waals surface area (Å²) in [6.07, 6.45) is 3.43. The van der Waals surface area contributed by atoms with Gasteiger partial charge in [-0.05, 0) is 36.1 Å². The lowest BCUT2D eigenvalue weighted by molar-refractivity contribution is 0.983. The van der Waals surface area contributed by atoms with Crippen LogP contribution in [0, 0.1) is 0 Å². The van der Waals surface area contributed by atoms with Gasteiger partial charge in [0.05, 0.1) is 0 Å². The SMILES string of the molecule is Clc1cccc(CCNc2cc(NCCc3ccccc3)ncn2)c1. The van der Waals surface area contributed by atoms with Crippen molar-refractivity contribution in [3.8, 4) is 0 Å². The Hall–Kier alpha value is -2.59. The summed E-state index contributed by atoms with van der Waals surface area (Å²) in [5.74, 6) is 1.65. The highest BCUT2D eigenvalue weighted by atomic mass is 35.5. The van der Waals surface area contributed by atoms with Gasteiger partial charge in [0.25, 0.3) is 0 Å². The fraction of sp³-hybridized carbons (Fsp3) is 0.200. The third-order valence-electron chi connectivity index (χ3n) is 3.84. The summed E-state index contributed by atoms with van der Waals surface area (Å²) in [7, 11) is 0. The van der Waals surface area contributed by atoms with E-state index in [-0.39, 0.29) is 0 Å². The summed E-state index contributed by atoms with van der Waals surface area (Å²) in [6.45, 7) is 1.63. The van der Waals surface area contributed by atoms with E-state index >= 15 is 0 Å². The Morgan fingerprint density at radius 2 is 1.36 bits per heavy atom. The molecule has 3 aromatic rings. The Balaban J connectivity index is 1.46.